The Morgan fingerprint density at radius 3 is 2.76 bits per heavy atom. The fourth-order valence-corrected chi connectivity index (χ4v) is 2.25. The summed E-state index contributed by atoms with van der Waals surface area (Å²) in [6.45, 7) is 4.91. The molecule has 0 saturated carbocycles. The zero-order valence-corrected chi connectivity index (χ0v) is 11.1. The molecular weight excluding hydrogens is 232 g/mol. The molecule has 4 nitrogen and oxygen atoms in total. The number of nitrogens with zero attached hydrogens (tertiary/aromatic N) is 3. The molecule has 0 saturated heterocycles. The average Bonchev–Trinajstić information content (AvgIpc) is 2.38. The minimum absolute atomic E-state index is 0.447. The van der Waals surface area contributed by atoms with Crippen molar-refractivity contribution in [1.29, 1.82) is 5.26 Å². The fraction of sp³-hybridized carbons (Fsp3) is 0.583. The molecular formula is C12H18N4S. The number of nitrogens with one attached hydrogen (secondary N) is 1. The zero-order chi connectivity index (χ0) is 12.6. The van der Waals surface area contributed by atoms with E-state index in [1.165, 1.54) is 0 Å². The van der Waals surface area contributed by atoms with Crippen molar-refractivity contribution in [3.63, 3.8) is 0 Å². The van der Waals surface area contributed by atoms with Crippen LogP contribution < -0.4 is 5.32 Å². The van der Waals surface area contributed by atoms with Gasteiger partial charge in [-0.15, -0.1) is 0 Å². The number of rotatable bonds is 7. The first-order chi connectivity index (χ1) is 8.20. The summed E-state index contributed by atoms with van der Waals surface area (Å²) in [5, 5.41) is 13.2. The van der Waals surface area contributed by atoms with Crippen molar-refractivity contribution in [1.82, 2.24) is 15.3 Å². The van der Waals surface area contributed by atoms with Gasteiger partial charge in [0.15, 0.2) is 5.16 Å². The van der Waals surface area contributed by atoms with Crippen LogP contribution in [0.2, 0.25) is 0 Å². The summed E-state index contributed by atoms with van der Waals surface area (Å²) in [4.78, 5) is 8.27. The molecule has 0 aliphatic rings. The van der Waals surface area contributed by atoms with Crippen LogP contribution in [0.4, 0.5) is 0 Å². The van der Waals surface area contributed by atoms with Gasteiger partial charge < -0.3 is 0 Å². The number of aromatic nitrogens is 2. The lowest BCUT2D eigenvalue weighted by molar-refractivity contribution is 0.437. The van der Waals surface area contributed by atoms with Crippen molar-refractivity contribution in [2.45, 2.75) is 37.4 Å². The third-order valence-electron chi connectivity index (χ3n) is 2.39. The van der Waals surface area contributed by atoms with Crippen LogP contribution in [-0.4, -0.2) is 27.8 Å². The molecule has 1 unspecified atom stereocenters. The normalized spacial score (nSPS) is 13.9. The van der Waals surface area contributed by atoms with Crippen molar-refractivity contribution in [3.05, 3.63) is 18.5 Å². The Labute approximate surface area is 107 Å². The summed E-state index contributed by atoms with van der Waals surface area (Å²) < 4.78 is 0. The number of nitriles is 1. The second-order valence-corrected chi connectivity index (χ2v) is 5.06. The first kappa shape index (κ1) is 13.9. The SMILES string of the molecule is CCCNC(C)(C#N)CCSc1ncccn1. The van der Waals surface area contributed by atoms with Crippen molar-refractivity contribution < 1.29 is 0 Å². The van der Waals surface area contributed by atoms with Crippen molar-refractivity contribution in [2.75, 3.05) is 12.3 Å². The van der Waals surface area contributed by atoms with Gasteiger partial charge in [0.05, 0.1) is 6.07 Å². The van der Waals surface area contributed by atoms with Gasteiger partial charge in [-0.25, -0.2) is 9.97 Å². The predicted octanol–water partition coefficient (Wildman–Crippen LogP) is 2.24. The Balaban J connectivity index is 2.36. The molecule has 1 N–H and O–H groups in total. The van der Waals surface area contributed by atoms with Crippen LogP contribution in [0.15, 0.2) is 23.6 Å². The van der Waals surface area contributed by atoms with Crippen LogP contribution in [0.3, 0.4) is 0 Å². The molecule has 1 aromatic heterocycles. The third-order valence-corrected chi connectivity index (χ3v) is 3.26. The summed E-state index contributed by atoms with van der Waals surface area (Å²) >= 11 is 1.58. The van der Waals surface area contributed by atoms with Gasteiger partial charge in [-0.1, -0.05) is 18.7 Å². The molecule has 0 amide bonds. The molecule has 0 aliphatic carbocycles. The van der Waals surface area contributed by atoms with Gasteiger partial charge >= 0.3 is 0 Å². The Hall–Kier alpha value is -1.12. The minimum Gasteiger partial charge on any atom is -0.300 e. The zero-order valence-electron chi connectivity index (χ0n) is 10.3. The first-order valence-electron chi connectivity index (χ1n) is 5.76. The van der Waals surface area contributed by atoms with E-state index < -0.39 is 5.54 Å². The van der Waals surface area contributed by atoms with E-state index in [9.17, 15) is 0 Å². The molecule has 1 rings (SSSR count). The average molecular weight is 250 g/mol. The van der Waals surface area contributed by atoms with E-state index in [0.717, 1.165) is 30.3 Å². The number of thioether (sulfide) groups is 1. The summed E-state index contributed by atoms with van der Waals surface area (Å²) in [7, 11) is 0. The fourth-order valence-electron chi connectivity index (χ4n) is 1.29. The topological polar surface area (TPSA) is 61.6 Å². The quantitative estimate of drug-likeness (QED) is 0.594. The van der Waals surface area contributed by atoms with Crippen LogP contribution in [0.5, 0.6) is 0 Å². The van der Waals surface area contributed by atoms with E-state index in [4.69, 9.17) is 5.26 Å². The van der Waals surface area contributed by atoms with E-state index in [2.05, 4.69) is 28.3 Å². The first-order valence-corrected chi connectivity index (χ1v) is 6.75. The van der Waals surface area contributed by atoms with Gasteiger partial charge in [0, 0.05) is 18.1 Å². The third kappa shape index (κ3) is 5.16. The molecule has 0 fully saturated rings. The van der Waals surface area contributed by atoms with Crippen LogP contribution in [0.25, 0.3) is 0 Å². The van der Waals surface area contributed by atoms with E-state index in [1.54, 1.807) is 30.2 Å². The molecule has 0 radical (unpaired) electrons. The molecule has 0 aromatic carbocycles. The molecule has 1 atom stereocenters. The van der Waals surface area contributed by atoms with Crippen molar-refractivity contribution in [2.24, 2.45) is 0 Å². The molecule has 17 heavy (non-hydrogen) atoms. The van der Waals surface area contributed by atoms with Gasteiger partial charge in [-0.05, 0) is 32.4 Å². The van der Waals surface area contributed by atoms with E-state index in [1.807, 2.05) is 6.92 Å². The summed E-state index contributed by atoms with van der Waals surface area (Å²) in [5.74, 6) is 0.838. The Morgan fingerprint density at radius 1 is 1.47 bits per heavy atom. The van der Waals surface area contributed by atoms with Crippen LogP contribution >= 0.6 is 11.8 Å². The maximum Gasteiger partial charge on any atom is 0.187 e. The standard InChI is InChI=1S/C12H18N4S/c1-3-6-16-12(2,10-13)5-9-17-11-14-7-4-8-15-11/h4,7-8,16H,3,5-6,9H2,1-2H3. The highest BCUT2D eigenvalue weighted by Crippen LogP contribution is 2.17. The molecule has 1 heterocycles. The lowest BCUT2D eigenvalue weighted by Crippen LogP contribution is -2.41. The van der Waals surface area contributed by atoms with Crippen LogP contribution in [-0.2, 0) is 0 Å². The molecule has 1 aromatic rings. The highest BCUT2D eigenvalue weighted by Gasteiger charge is 2.22. The van der Waals surface area contributed by atoms with Crippen LogP contribution in [0.1, 0.15) is 26.7 Å². The van der Waals surface area contributed by atoms with E-state index in [0.29, 0.717) is 0 Å². The van der Waals surface area contributed by atoms with Crippen molar-refractivity contribution >= 4 is 11.8 Å². The maximum absolute atomic E-state index is 9.16. The Bertz CT molecular complexity index is 363. The predicted molar refractivity (Wildman–Crippen MR) is 69.7 cm³/mol. The van der Waals surface area contributed by atoms with E-state index >= 15 is 0 Å². The molecule has 0 spiro atoms. The minimum atomic E-state index is -0.447. The summed E-state index contributed by atoms with van der Waals surface area (Å²) in [5.41, 5.74) is -0.447. The molecule has 0 bridgehead atoms. The maximum atomic E-state index is 9.16. The largest absolute Gasteiger partial charge is 0.300 e. The van der Waals surface area contributed by atoms with E-state index in [-0.39, 0.29) is 0 Å². The summed E-state index contributed by atoms with van der Waals surface area (Å²) in [6, 6.07) is 4.13. The number of hydrogen-bond acceptors (Lipinski definition) is 5. The van der Waals surface area contributed by atoms with Gasteiger partial charge in [-0.3, -0.25) is 5.32 Å². The summed E-state index contributed by atoms with van der Waals surface area (Å²) in [6.07, 6.45) is 5.28. The highest BCUT2D eigenvalue weighted by molar-refractivity contribution is 7.99. The molecule has 92 valence electrons. The van der Waals surface area contributed by atoms with Gasteiger partial charge in [-0.2, -0.15) is 5.26 Å². The van der Waals surface area contributed by atoms with Gasteiger partial charge in [0.25, 0.3) is 0 Å². The molecule has 5 heteroatoms. The second kappa shape index (κ2) is 7.25. The lowest BCUT2D eigenvalue weighted by atomic mass is 10.0. The highest BCUT2D eigenvalue weighted by atomic mass is 32.2. The monoisotopic (exact) mass is 250 g/mol. The van der Waals surface area contributed by atoms with Crippen LogP contribution in [0, 0.1) is 11.3 Å². The smallest absolute Gasteiger partial charge is 0.187 e. The Kier molecular flexibility index (Phi) is 5.95. The lowest BCUT2D eigenvalue weighted by Gasteiger charge is -2.22. The van der Waals surface area contributed by atoms with Gasteiger partial charge in [0.1, 0.15) is 5.54 Å². The van der Waals surface area contributed by atoms with Crippen molar-refractivity contribution in [3.8, 4) is 6.07 Å². The van der Waals surface area contributed by atoms with Gasteiger partial charge in [0.2, 0.25) is 0 Å². The molecule has 0 aliphatic heterocycles. The number of hydrogen-bond donors (Lipinski definition) is 1. The Morgan fingerprint density at radius 2 is 2.18 bits per heavy atom. The second-order valence-electron chi connectivity index (χ2n) is 4.00.